The molecular weight excluding hydrogens is 416 g/mol. The molecule has 0 aromatic heterocycles. The van der Waals surface area contributed by atoms with Gasteiger partial charge < -0.3 is 0 Å². The molecule has 12 saturated carbocycles. The van der Waals surface area contributed by atoms with Gasteiger partial charge in [0, 0.05) is 21.7 Å². The number of carbonyl (C=O) groups excluding carboxylic acids is 2. The molecule has 0 radical (unpaired) electrons. The van der Waals surface area contributed by atoms with Gasteiger partial charge in [-0.25, -0.2) is 0 Å². The number of hydrogen-bond acceptors (Lipinski definition) is 2. The number of carbonyl (C=O) groups is 2. The molecule has 0 unspecified atom stereocenters. The van der Waals surface area contributed by atoms with Gasteiger partial charge in [-0.2, -0.15) is 0 Å². The largest absolute Gasteiger partial charge is 0.298 e. The van der Waals surface area contributed by atoms with Crippen LogP contribution >= 0.6 is 0 Å². The molecule has 12 bridgehead atoms. The summed E-state index contributed by atoms with van der Waals surface area (Å²) in [7, 11) is 0. The average molecular weight is 461 g/mol. The van der Waals surface area contributed by atoms with E-state index in [-0.39, 0.29) is 21.7 Å². The lowest BCUT2D eigenvalue weighted by Crippen LogP contribution is -2.64. The third-order valence-corrected chi connectivity index (χ3v) is 14.1. The van der Waals surface area contributed by atoms with E-state index in [0.717, 1.165) is 79.2 Å². The van der Waals surface area contributed by atoms with Crippen molar-refractivity contribution >= 4 is 11.6 Å². The van der Waals surface area contributed by atoms with E-state index < -0.39 is 0 Å². The molecule has 0 aromatic carbocycles. The third kappa shape index (κ3) is 2.50. The SMILES string of the molecule is O=C(C12CC3CC(CC(C3)C1)C2)C12CC3CC(C1)CC(C(=O)C14CC5CC(CC(C5)C1)C4)(C3)C2. The van der Waals surface area contributed by atoms with Crippen LogP contribution in [0.2, 0.25) is 0 Å². The molecule has 12 rings (SSSR count). The summed E-state index contributed by atoms with van der Waals surface area (Å²) in [6.07, 6.45) is 22.7. The lowest BCUT2D eigenvalue weighted by Gasteiger charge is -2.66. The van der Waals surface area contributed by atoms with Crippen molar-refractivity contribution in [2.24, 2.45) is 69.0 Å². The molecule has 184 valence electrons. The van der Waals surface area contributed by atoms with Gasteiger partial charge >= 0.3 is 0 Å². The van der Waals surface area contributed by atoms with Crippen LogP contribution in [-0.4, -0.2) is 11.6 Å². The zero-order chi connectivity index (χ0) is 22.5. The Morgan fingerprint density at radius 1 is 0.353 bits per heavy atom. The Labute approximate surface area is 205 Å². The summed E-state index contributed by atoms with van der Waals surface area (Å²) in [5.41, 5.74) is -0.196. The first kappa shape index (κ1) is 20.4. The second-order valence-electron chi connectivity index (χ2n) is 16.6. The van der Waals surface area contributed by atoms with Gasteiger partial charge in [-0.1, -0.05) is 0 Å². The number of rotatable bonds is 4. The normalized spacial score (nSPS) is 61.9. The minimum Gasteiger partial charge on any atom is -0.298 e. The minimum atomic E-state index is -0.117. The van der Waals surface area contributed by atoms with Crippen LogP contribution in [0.15, 0.2) is 0 Å². The third-order valence-electron chi connectivity index (χ3n) is 14.1. The van der Waals surface area contributed by atoms with Crippen LogP contribution in [-0.2, 0) is 9.59 Å². The van der Waals surface area contributed by atoms with Crippen LogP contribution in [0.1, 0.15) is 116 Å². The highest BCUT2D eigenvalue weighted by Crippen LogP contribution is 2.72. The second kappa shape index (κ2) is 6.24. The summed E-state index contributed by atoms with van der Waals surface area (Å²) < 4.78 is 0. The molecule has 0 N–H and O–H groups in total. The average Bonchev–Trinajstić information content (AvgIpc) is 2.75. The highest BCUT2D eigenvalue weighted by atomic mass is 16.1. The summed E-state index contributed by atoms with van der Waals surface area (Å²) in [6.45, 7) is 0. The van der Waals surface area contributed by atoms with E-state index in [0.29, 0.717) is 11.8 Å². The molecular formula is C32H44O2. The van der Waals surface area contributed by atoms with Gasteiger partial charge in [-0.3, -0.25) is 9.59 Å². The van der Waals surface area contributed by atoms with Crippen molar-refractivity contribution in [1.29, 1.82) is 0 Å². The highest BCUT2D eigenvalue weighted by Gasteiger charge is 2.69. The second-order valence-corrected chi connectivity index (χ2v) is 16.6. The Balaban J connectivity index is 1.08. The molecule has 0 amide bonds. The zero-order valence-corrected chi connectivity index (χ0v) is 21.2. The fraction of sp³-hybridized carbons (Fsp3) is 0.938. The monoisotopic (exact) mass is 460 g/mol. The van der Waals surface area contributed by atoms with Gasteiger partial charge in [-0.05, 0) is 163 Å². The zero-order valence-electron chi connectivity index (χ0n) is 21.2. The predicted molar refractivity (Wildman–Crippen MR) is 131 cm³/mol. The Hall–Kier alpha value is -0.660. The van der Waals surface area contributed by atoms with Crippen LogP contribution < -0.4 is 0 Å². The first-order valence-electron chi connectivity index (χ1n) is 15.4. The number of Topliss-reactive ketones (excluding diaryl/α,β-unsaturated/α-hetero) is 2. The van der Waals surface area contributed by atoms with Crippen LogP contribution in [0.3, 0.4) is 0 Å². The van der Waals surface area contributed by atoms with E-state index in [1.165, 1.54) is 83.5 Å². The van der Waals surface area contributed by atoms with Gasteiger partial charge in [0.15, 0.2) is 0 Å². The summed E-state index contributed by atoms with van der Waals surface area (Å²) in [5.74, 6) is 7.80. The summed E-state index contributed by atoms with van der Waals surface area (Å²) >= 11 is 0. The Kier molecular flexibility index (Phi) is 3.75. The van der Waals surface area contributed by atoms with Gasteiger partial charge in [0.25, 0.3) is 0 Å². The Bertz CT molecular complexity index is 813. The van der Waals surface area contributed by atoms with Crippen LogP contribution in [0, 0.1) is 69.0 Å². The molecule has 0 heterocycles. The standard InChI is InChI=1S/C32H44O2/c33-27(29-8-19-1-20(9-29)3-21(2-19)10-29)31-14-25-7-26(15-31)17-32(16-25,18-31)28(34)30-11-22-4-23(12-30)6-24(5-22)13-30/h19-26H,1-18H2. The quantitative estimate of drug-likeness (QED) is 0.447. The maximum atomic E-state index is 14.9. The summed E-state index contributed by atoms with van der Waals surface area (Å²) in [5, 5.41) is 0. The smallest absolute Gasteiger partial charge is 0.145 e. The van der Waals surface area contributed by atoms with Crippen molar-refractivity contribution in [3.8, 4) is 0 Å². The van der Waals surface area contributed by atoms with Crippen molar-refractivity contribution in [1.82, 2.24) is 0 Å². The van der Waals surface area contributed by atoms with Crippen molar-refractivity contribution in [3.63, 3.8) is 0 Å². The van der Waals surface area contributed by atoms with E-state index in [1.54, 1.807) is 0 Å². The molecule has 0 spiro atoms. The molecule has 0 aliphatic heterocycles. The van der Waals surface area contributed by atoms with Gasteiger partial charge in [0.05, 0.1) is 0 Å². The number of ketones is 2. The first-order valence-corrected chi connectivity index (χ1v) is 15.4. The van der Waals surface area contributed by atoms with Gasteiger partial charge in [-0.15, -0.1) is 0 Å². The van der Waals surface area contributed by atoms with Crippen molar-refractivity contribution in [2.45, 2.75) is 116 Å². The fourth-order valence-corrected chi connectivity index (χ4v) is 14.7. The topological polar surface area (TPSA) is 34.1 Å². The van der Waals surface area contributed by atoms with E-state index in [2.05, 4.69) is 0 Å². The van der Waals surface area contributed by atoms with Crippen molar-refractivity contribution in [2.75, 3.05) is 0 Å². The minimum absolute atomic E-state index is 0.0192. The lowest BCUT2D eigenvalue weighted by molar-refractivity contribution is -0.189. The van der Waals surface area contributed by atoms with E-state index in [1.807, 2.05) is 0 Å². The molecule has 0 aromatic rings. The summed E-state index contributed by atoms with van der Waals surface area (Å²) in [4.78, 5) is 29.7. The first-order chi connectivity index (χ1) is 16.4. The van der Waals surface area contributed by atoms with Crippen LogP contribution in [0.4, 0.5) is 0 Å². The van der Waals surface area contributed by atoms with Crippen LogP contribution in [0.25, 0.3) is 0 Å². The predicted octanol–water partition coefficient (Wildman–Crippen LogP) is 7.14. The fourth-order valence-electron chi connectivity index (χ4n) is 14.7. The molecule has 2 nitrogen and oxygen atoms in total. The molecule has 12 fully saturated rings. The highest BCUT2D eigenvalue weighted by molar-refractivity contribution is 5.95. The van der Waals surface area contributed by atoms with E-state index in [9.17, 15) is 9.59 Å². The Morgan fingerprint density at radius 2 is 0.588 bits per heavy atom. The molecule has 0 atom stereocenters. The molecule has 12 aliphatic rings. The molecule has 34 heavy (non-hydrogen) atoms. The maximum absolute atomic E-state index is 14.9. The van der Waals surface area contributed by atoms with Crippen molar-refractivity contribution in [3.05, 3.63) is 0 Å². The van der Waals surface area contributed by atoms with Crippen molar-refractivity contribution < 1.29 is 9.59 Å². The maximum Gasteiger partial charge on any atom is 0.145 e. The van der Waals surface area contributed by atoms with E-state index in [4.69, 9.17) is 0 Å². The summed E-state index contributed by atoms with van der Waals surface area (Å²) in [6, 6.07) is 0. The van der Waals surface area contributed by atoms with Crippen LogP contribution in [0.5, 0.6) is 0 Å². The molecule has 2 heteroatoms. The Morgan fingerprint density at radius 3 is 0.882 bits per heavy atom. The lowest BCUT2D eigenvalue weighted by atomic mass is 9.36. The molecule has 12 aliphatic carbocycles. The number of hydrogen-bond donors (Lipinski definition) is 0. The van der Waals surface area contributed by atoms with Gasteiger partial charge in [0.2, 0.25) is 0 Å². The molecule has 0 saturated heterocycles. The van der Waals surface area contributed by atoms with E-state index >= 15 is 0 Å². The van der Waals surface area contributed by atoms with Gasteiger partial charge in [0.1, 0.15) is 11.6 Å².